The van der Waals surface area contributed by atoms with Crippen molar-refractivity contribution in [2.75, 3.05) is 6.61 Å². The fraction of sp³-hybridized carbons (Fsp3) is 0.562. The minimum atomic E-state index is -2.92. The summed E-state index contributed by atoms with van der Waals surface area (Å²) in [7, 11) is 0. The van der Waals surface area contributed by atoms with E-state index in [9.17, 15) is 13.6 Å². The SMILES string of the molecule is CCCC(C)(N)C(=O)NCc1ccc(OC(F)F)c(OCC)c1.Cl. The summed E-state index contributed by atoms with van der Waals surface area (Å²) in [6.45, 7) is 2.99. The molecule has 0 fully saturated rings. The highest BCUT2D eigenvalue weighted by Gasteiger charge is 2.26. The van der Waals surface area contributed by atoms with E-state index >= 15 is 0 Å². The van der Waals surface area contributed by atoms with Crippen molar-refractivity contribution in [2.24, 2.45) is 5.73 Å². The third kappa shape index (κ3) is 6.88. The zero-order valence-corrected chi connectivity index (χ0v) is 14.9. The van der Waals surface area contributed by atoms with Crippen LogP contribution in [0, 0.1) is 0 Å². The zero-order valence-electron chi connectivity index (χ0n) is 14.1. The van der Waals surface area contributed by atoms with Gasteiger partial charge in [0.25, 0.3) is 0 Å². The number of nitrogens with two attached hydrogens (primary N) is 1. The molecule has 0 aliphatic heterocycles. The number of carbonyl (C=O) groups is 1. The maximum absolute atomic E-state index is 12.4. The number of benzene rings is 1. The lowest BCUT2D eigenvalue weighted by molar-refractivity contribution is -0.126. The topological polar surface area (TPSA) is 73.6 Å². The normalized spacial score (nSPS) is 13.0. The highest BCUT2D eigenvalue weighted by molar-refractivity contribution is 5.85. The van der Waals surface area contributed by atoms with Crippen LogP contribution in [-0.2, 0) is 11.3 Å². The quantitative estimate of drug-likeness (QED) is 0.703. The Morgan fingerprint density at radius 1 is 1.33 bits per heavy atom. The maximum Gasteiger partial charge on any atom is 0.387 e. The van der Waals surface area contributed by atoms with Crippen LogP contribution < -0.4 is 20.5 Å². The summed E-state index contributed by atoms with van der Waals surface area (Å²) in [6, 6.07) is 4.55. The molecule has 138 valence electrons. The van der Waals surface area contributed by atoms with Crippen LogP contribution in [0.25, 0.3) is 0 Å². The average molecular weight is 367 g/mol. The number of hydrogen-bond donors (Lipinski definition) is 2. The summed E-state index contributed by atoms with van der Waals surface area (Å²) in [4.78, 5) is 12.1. The standard InChI is InChI=1S/C16H24F2N2O3.ClH/c1-4-8-16(3,19)14(21)20-10-11-6-7-12(23-15(17)18)13(9-11)22-5-2;/h6-7,9,15H,4-5,8,10,19H2,1-3H3,(H,20,21);1H. The van der Waals surface area contributed by atoms with Gasteiger partial charge in [0.05, 0.1) is 12.1 Å². The van der Waals surface area contributed by atoms with Gasteiger partial charge >= 0.3 is 6.61 Å². The van der Waals surface area contributed by atoms with Crippen molar-refractivity contribution in [3.63, 3.8) is 0 Å². The number of alkyl halides is 2. The molecule has 0 saturated carbocycles. The lowest BCUT2D eigenvalue weighted by Crippen LogP contribution is -2.51. The van der Waals surface area contributed by atoms with E-state index in [0.29, 0.717) is 18.6 Å². The summed E-state index contributed by atoms with van der Waals surface area (Å²) in [5.74, 6) is -0.0830. The van der Waals surface area contributed by atoms with E-state index in [2.05, 4.69) is 10.1 Å². The number of nitrogens with one attached hydrogen (secondary N) is 1. The van der Waals surface area contributed by atoms with Gasteiger partial charge in [-0.1, -0.05) is 19.4 Å². The molecule has 1 aromatic carbocycles. The van der Waals surface area contributed by atoms with Crippen molar-refractivity contribution in [1.82, 2.24) is 5.32 Å². The Balaban J connectivity index is 0.00000529. The van der Waals surface area contributed by atoms with Crippen LogP contribution in [0.2, 0.25) is 0 Å². The van der Waals surface area contributed by atoms with E-state index in [0.717, 1.165) is 6.42 Å². The van der Waals surface area contributed by atoms with Crippen LogP contribution in [0.5, 0.6) is 11.5 Å². The lowest BCUT2D eigenvalue weighted by Gasteiger charge is -2.23. The first-order valence-corrected chi connectivity index (χ1v) is 7.57. The molecular weight excluding hydrogens is 342 g/mol. The van der Waals surface area contributed by atoms with E-state index in [1.165, 1.54) is 6.07 Å². The highest BCUT2D eigenvalue weighted by Crippen LogP contribution is 2.29. The lowest BCUT2D eigenvalue weighted by atomic mass is 9.96. The molecule has 1 atom stereocenters. The number of rotatable bonds is 9. The number of amides is 1. The van der Waals surface area contributed by atoms with E-state index in [1.54, 1.807) is 26.0 Å². The third-order valence-corrected chi connectivity index (χ3v) is 3.27. The Labute approximate surface area is 147 Å². The van der Waals surface area contributed by atoms with Gasteiger partial charge in [-0.15, -0.1) is 12.4 Å². The van der Waals surface area contributed by atoms with Crippen molar-refractivity contribution in [2.45, 2.75) is 52.3 Å². The van der Waals surface area contributed by atoms with Crippen molar-refractivity contribution in [1.29, 1.82) is 0 Å². The molecule has 1 amide bonds. The van der Waals surface area contributed by atoms with Gasteiger partial charge in [-0.2, -0.15) is 8.78 Å². The first kappa shape index (κ1) is 22.4. The molecule has 0 radical (unpaired) electrons. The van der Waals surface area contributed by atoms with Gasteiger partial charge in [0.1, 0.15) is 0 Å². The number of carbonyl (C=O) groups excluding carboxylic acids is 1. The number of halogens is 3. The van der Waals surface area contributed by atoms with Gasteiger partial charge in [0.15, 0.2) is 11.5 Å². The summed E-state index contributed by atoms with van der Waals surface area (Å²) in [5, 5.41) is 2.75. The summed E-state index contributed by atoms with van der Waals surface area (Å²) >= 11 is 0. The first-order chi connectivity index (χ1) is 10.8. The van der Waals surface area contributed by atoms with E-state index in [1.807, 2.05) is 6.92 Å². The second kappa shape index (κ2) is 10.3. The minimum Gasteiger partial charge on any atom is -0.490 e. The molecule has 8 heteroatoms. The van der Waals surface area contributed by atoms with Crippen molar-refractivity contribution < 1.29 is 23.0 Å². The van der Waals surface area contributed by atoms with E-state index in [4.69, 9.17) is 10.5 Å². The third-order valence-electron chi connectivity index (χ3n) is 3.27. The highest BCUT2D eigenvalue weighted by atomic mass is 35.5. The zero-order chi connectivity index (χ0) is 17.5. The molecule has 0 heterocycles. The molecule has 0 spiro atoms. The van der Waals surface area contributed by atoms with Crippen LogP contribution >= 0.6 is 12.4 Å². The second-order valence-corrected chi connectivity index (χ2v) is 5.44. The van der Waals surface area contributed by atoms with Crippen LogP contribution in [0.3, 0.4) is 0 Å². The molecule has 3 N–H and O–H groups in total. The van der Waals surface area contributed by atoms with Crippen molar-refractivity contribution in [3.8, 4) is 11.5 Å². The fourth-order valence-corrected chi connectivity index (χ4v) is 2.14. The molecular formula is C16H25ClF2N2O3. The molecule has 1 rings (SSSR count). The van der Waals surface area contributed by atoms with Gasteiger partial charge in [-0.05, 0) is 38.0 Å². The van der Waals surface area contributed by atoms with Crippen LogP contribution in [0.1, 0.15) is 39.2 Å². The Bertz CT molecular complexity index is 528. The van der Waals surface area contributed by atoms with Gasteiger partial charge in [0.2, 0.25) is 5.91 Å². The van der Waals surface area contributed by atoms with Crippen LogP contribution in [0.4, 0.5) is 8.78 Å². The van der Waals surface area contributed by atoms with Crippen LogP contribution in [0.15, 0.2) is 18.2 Å². The van der Waals surface area contributed by atoms with E-state index < -0.39 is 12.2 Å². The number of hydrogen-bond acceptors (Lipinski definition) is 4. The monoisotopic (exact) mass is 366 g/mol. The largest absolute Gasteiger partial charge is 0.490 e. The average Bonchev–Trinajstić information content (AvgIpc) is 2.46. The predicted molar refractivity (Wildman–Crippen MR) is 90.8 cm³/mol. The first-order valence-electron chi connectivity index (χ1n) is 7.57. The number of ether oxygens (including phenoxy) is 2. The second-order valence-electron chi connectivity index (χ2n) is 5.44. The Hall–Kier alpha value is -1.60. The predicted octanol–water partition coefficient (Wildman–Crippen LogP) is 3.24. The summed E-state index contributed by atoms with van der Waals surface area (Å²) < 4.78 is 34.4. The molecule has 0 saturated heterocycles. The molecule has 5 nitrogen and oxygen atoms in total. The van der Waals surface area contributed by atoms with Gasteiger partial charge in [-0.3, -0.25) is 4.79 Å². The smallest absolute Gasteiger partial charge is 0.387 e. The molecule has 0 aromatic heterocycles. The molecule has 24 heavy (non-hydrogen) atoms. The molecule has 1 aromatic rings. The van der Waals surface area contributed by atoms with Crippen molar-refractivity contribution in [3.05, 3.63) is 23.8 Å². The molecule has 0 aliphatic carbocycles. The van der Waals surface area contributed by atoms with E-state index in [-0.39, 0.29) is 36.4 Å². The van der Waals surface area contributed by atoms with Crippen LogP contribution in [-0.4, -0.2) is 24.7 Å². The Morgan fingerprint density at radius 3 is 2.54 bits per heavy atom. The van der Waals surface area contributed by atoms with Crippen molar-refractivity contribution >= 4 is 18.3 Å². The summed E-state index contributed by atoms with van der Waals surface area (Å²) in [6.07, 6.45) is 1.37. The van der Waals surface area contributed by atoms with Gasteiger partial charge < -0.3 is 20.5 Å². The van der Waals surface area contributed by atoms with Gasteiger partial charge in [-0.25, -0.2) is 0 Å². The molecule has 0 aliphatic rings. The minimum absolute atomic E-state index is 0. The Morgan fingerprint density at radius 2 is 2.00 bits per heavy atom. The maximum atomic E-state index is 12.4. The molecule has 1 unspecified atom stereocenters. The molecule has 0 bridgehead atoms. The fourth-order valence-electron chi connectivity index (χ4n) is 2.14. The van der Waals surface area contributed by atoms with Gasteiger partial charge in [0, 0.05) is 6.54 Å². The Kier molecular flexibility index (Phi) is 9.62. The summed E-state index contributed by atoms with van der Waals surface area (Å²) in [5.41, 5.74) is 5.72.